The van der Waals surface area contributed by atoms with E-state index in [2.05, 4.69) is 48.4 Å². The Bertz CT molecular complexity index is 668. The molecule has 0 atom stereocenters. The molecular formula is C15H14N2S. The average molecular weight is 254 g/mol. The third-order valence-electron chi connectivity index (χ3n) is 2.93. The first-order chi connectivity index (χ1) is 8.72. The lowest BCUT2D eigenvalue weighted by molar-refractivity contribution is 1.36. The van der Waals surface area contributed by atoms with Crippen LogP contribution in [-0.2, 0) is 0 Å². The molecule has 0 aliphatic rings. The summed E-state index contributed by atoms with van der Waals surface area (Å²) in [7, 11) is 0. The summed E-state index contributed by atoms with van der Waals surface area (Å²) >= 11 is 1.68. The van der Waals surface area contributed by atoms with E-state index in [1.807, 2.05) is 18.2 Å². The van der Waals surface area contributed by atoms with Gasteiger partial charge in [0, 0.05) is 5.69 Å². The summed E-state index contributed by atoms with van der Waals surface area (Å²) in [4.78, 5) is 4.59. The Labute approximate surface area is 110 Å². The minimum atomic E-state index is 0.949. The topological polar surface area (TPSA) is 24.9 Å². The molecule has 0 radical (unpaired) electrons. The largest absolute Gasteiger partial charge is 0.331 e. The van der Waals surface area contributed by atoms with Crippen molar-refractivity contribution in [2.75, 3.05) is 5.32 Å². The molecule has 1 N–H and O–H groups in total. The van der Waals surface area contributed by atoms with Crippen LogP contribution in [0.1, 0.15) is 11.1 Å². The molecule has 0 aliphatic heterocycles. The molecule has 3 aromatic rings. The van der Waals surface area contributed by atoms with E-state index in [0.717, 1.165) is 16.3 Å². The van der Waals surface area contributed by atoms with Gasteiger partial charge in [0.05, 0.1) is 10.2 Å². The second-order valence-corrected chi connectivity index (χ2v) is 5.46. The van der Waals surface area contributed by atoms with Crippen LogP contribution < -0.4 is 5.32 Å². The van der Waals surface area contributed by atoms with Crippen LogP contribution in [0.3, 0.4) is 0 Å². The molecule has 1 heterocycles. The van der Waals surface area contributed by atoms with Crippen molar-refractivity contribution < 1.29 is 0 Å². The minimum Gasteiger partial charge on any atom is -0.331 e. The Morgan fingerprint density at radius 3 is 2.72 bits per heavy atom. The van der Waals surface area contributed by atoms with Crippen molar-refractivity contribution >= 4 is 32.4 Å². The lowest BCUT2D eigenvalue weighted by Gasteiger charge is -2.07. The number of anilines is 2. The summed E-state index contributed by atoms with van der Waals surface area (Å²) in [5, 5.41) is 4.36. The number of para-hydroxylation sites is 1. The standard InChI is InChI=1S/C15H14N2S/c1-10-7-8-11(2)13(9-10)17-15-16-12-5-3-4-6-14(12)18-15/h3-9H,1-2H3,(H,16,17). The Morgan fingerprint density at radius 1 is 1.06 bits per heavy atom. The normalized spacial score (nSPS) is 10.8. The highest BCUT2D eigenvalue weighted by atomic mass is 32.1. The van der Waals surface area contributed by atoms with E-state index in [0.29, 0.717) is 0 Å². The number of fused-ring (bicyclic) bond motifs is 1. The predicted octanol–water partition coefficient (Wildman–Crippen LogP) is 4.66. The zero-order chi connectivity index (χ0) is 12.5. The van der Waals surface area contributed by atoms with Gasteiger partial charge in [0.2, 0.25) is 0 Å². The molecule has 1 aromatic heterocycles. The van der Waals surface area contributed by atoms with Crippen molar-refractivity contribution in [1.82, 2.24) is 4.98 Å². The molecule has 18 heavy (non-hydrogen) atoms. The first-order valence-corrected chi connectivity index (χ1v) is 6.74. The fourth-order valence-electron chi connectivity index (χ4n) is 1.91. The molecule has 2 aromatic carbocycles. The number of hydrogen-bond donors (Lipinski definition) is 1. The number of nitrogens with zero attached hydrogens (tertiary/aromatic N) is 1. The van der Waals surface area contributed by atoms with Crippen LogP contribution in [0.15, 0.2) is 42.5 Å². The molecular weight excluding hydrogens is 240 g/mol. The number of benzene rings is 2. The van der Waals surface area contributed by atoms with E-state index in [9.17, 15) is 0 Å². The first-order valence-electron chi connectivity index (χ1n) is 5.92. The summed E-state index contributed by atoms with van der Waals surface area (Å²) in [6, 6.07) is 14.6. The van der Waals surface area contributed by atoms with Gasteiger partial charge >= 0.3 is 0 Å². The molecule has 0 amide bonds. The van der Waals surface area contributed by atoms with Gasteiger partial charge in [-0.2, -0.15) is 0 Å². The number of hydrogen-bond acceptors (Lipinski definition) is 3. The fraction of sp³-hybridized carbons (Fsp3) is 0.133. The third-order valence-corrected chi connectivity index (χ3v) is 3.88. The van der Waals surface area contributed by atoms with Gasteiger partial charge in [-0.1, -0.05) is 35.6 Å². The average Bonchev–Trinajstić information content (AvgIpc) is 2.76. The van der Waals surface area contributed by atoms with Crippen molar-refractivity contribution in [1.29, 1.82) is 0 Å². The number of aromatic nitrogens is 1. The van der Waals surface area contributed by atoms with Gasteiger partial charge in [0.1, 0.15) is 0 Å². The Morgan fingerprint density at radius 2 is 1.89 bits per heavy atom. The quantitative estimate of drug-likeness (QED) is 0.719. The second-order valence-electron chi connectivity index (χ2n) is 4.43. The monoisotopic (exact) mass is 254 g/mol. The number of thiazole rings is 1. The molecule has 0 unspecified atom stereocenters. The molecule has 0 spiro atoms. The summed E-state index contributed by atoms with van der Waals surface area (Å²) < 4.78 is 1.21. The molecule has 3 rings (SSSR count). The molecule has 0 saturated heterocycles. The lowest BCUT2D eigenvalue weighted by Crippen LogP contribution is -1.92. The molecule has 0 aliphatic carbocycles. The second kappa shape index (κ2) is 4.42. The van der Waals surface area contributed by atoms with Gasteiger partial charge in [0.15, 0.2) is 5.13 Å². The van der Waals surface area contributed by atoms with Gasteiger partial charge < -0.3 is 5.32 Å². The van der Waals surface area contributed by atoms with Crippen LogP contribution in [-0.4, -0.2) is 4.98 Å². The van der Waals surface area contributed by atoms with Gasteiger partial charge in [0.25, 0.3) is 0 Å². The van der Waals surface area contributed by atoms with Crippen molar-refractivity contribution in [2.24, 2.45) is 0 Å². The highest BCUT2D eigenvalue weighted by molar-refractivity contribution is 7.22. The summed E-state index contributed by atoms with van der Waals surface area (Å²) in [6.45, 7) is 4.21. The first kappa shape index (κ1) is 11.2. The highest BCUT2D eigenvalue weighted by Gasteiger charge is 2.05. The van der Waals surface area contributed by atoms with Gasteiger partial charge in [-0.15, -0.1) is 0 Å². The van der Waals surface area contributed by atoms with Crippen LogP contribution >= 0.6 is 11.3 Å². The maximum absolute atomic E-state index is 4.59. The van der Waals surface area contributed by atoms with E-state index < -0.39 is 0 Å². The third kappa shape index (κ3) is 2.09. The zero-order valence-corrected chi connectivity index (χ0v) is 11.2. The minimum absolute atomic E-state index is 0.949. The van der Waals surface area contributed by atoms with Crippen LogP contribution in [0.5, 0.6) is 0 Å². The Hall–Kier alpha value is -1.87. The fourth-order valence-corrected chi connectivity index (χ4v) is 2.79. The molecule has 0 bridgehead atoms. The van der Waals surface area contributed by atoms with Crippen LogP contribution in [0.4, 0.5) is 10.8 Å². The molecule has 2 nitrogen and oxygen atoms in total. The smallest absolute Gasteiger partial charge is 0.188 e. The summed E-state index contributed by atoms with van der Waals surface area (Å²) in [5.41, 5.74) is 4.67. The maximum Gasteiger partial charge on any atom is 0.188 e. The summed E-state index contributed by atoms with van der Waals surface area (Å²) in [5.74, 6) is 0. The van der Waals surface area contributed by atoms with Crippen LogP contribution in [0.2, 0.25) is 0 Å². The van der Waals surface area contributed by atoms with Crippen molar-refractivity contribution in [3.8, 4) is 0 Å². The van der Waals surface area contributed by atoms with Crippen LogP contribution in [0, 0.1) is 13.8 Å². The number of aryl methyl sites for hydroxylation is 2. The number of rotatable bonds is 2. The highest BCUT2D eigenvalue weighted by Crippen LogP contribution is 2.29. The van der Waals surface area contributed by atoms with Crippen molar-refractivity contribution in [2.45, 2.75) is 13.8 Å². The van der Waals surface area contributed by atoms with E-state index in [-0.39, 0.29) is 0 Å². The SMILES string of the molecule is Cc1ccc(C)c(Nc2nc3ccccc3s2)c1. The molecule has 3 heteroatoms. The summed E-state index contributed by atoms with van der Waals surface area (Å²) in [6.07, 6.45) is 0. The van der Waals surface area contributed by atoms with Crippen molar-refractivity contribution in [3.63, 3.8) is 0 Å². The van der Waals surface area contributed by atoms with E-state index in [1.165, 1.54) is 15.8 Å². The van der Waals surface area contributed by atoms with Crippen LogP contribution in [0.25, 0.3) is 10.2 Å². The van der Waals surface area contributed by atoms with E-state index in [1.54, 1.807) is 11.3 Å². The van der Waals surface area contributed by atoms with Gasteiger partial charge in [-0.05, 0) is 43.2 Å². The van der Waals surface area contributed by atoms with Gasteiger partial charge in [-0.25, -0.2) is 4.98 Å². The van der Waals surface area contributed by atoms with Crippen molar-refractivity contribution in [3.05, 3.63) is 53.6 Å². The molecule has 0 fully saturated rings. The zero-order valence-electron chi connectivity index (χ0n) is 10.4. The molecule has 90 valence electrons. The van der Waals surface area contributed by atoms with E-state index in [4.69, 9.17) is 0 Å². The Kier molecular flexibility index (Phi) is 2.76. The molecule has 0 saturated carbocycles. The Balaban J connectivity index is 1.98. The predicted molar refractivity (Wildman–Crippen MR) is 78.8 cm³/mol. The lowest BCUT2D eigenvalue weighted by atomic mass is 10.1. The number of nitrogens with one attached hydrogen (secondary N) is 1. The van der Waals surface area contributed by atoms with Gasteiger partial charge in [-0.3, -0.25) is 0 Å². The maximum atomic E-state index is 4.59. The van der Waals surface area contributed by atoms with E-state index >= 15 is 0 Å².